The molecule has 2 rings (SSSR count). The number of halogens is 1. The van der Waals surface area contributed by atoms with Crippen LogP contribution in [0.4, 0.5) is 0 Å². The SMILES string of the molecule is CC1(C(=O)Cl)CCCC(=Cc2ccccc2)C1. The van der Waals surface area contributed by atoms with Gasteiger partial charge in [0.25, 0.3) is 0 Å². The second kappa shape index (κ2) is 5.05. The van der Waals surface area contributed by atoms with Gasteiger partial charge < -0.3 is 0 Å². The van der Waals surface area contributed by atoms with Gasteiger partial charge >= 0.3 is 0 Å². The highest BCUT2D eigenvalue weighted by molar-refractivity contribution is 6.64. The van der Waals surface area contributed by atoms with Crippen LogP contribution in [-0.2, 0) is 4.79 Å². The average Bonchev–Trinajstić information content (AvgIpc) is 2.30. The second-order valence-corrected chi connectivity index (χ2v) is 5.42. The minimum absolute atomic E-state index is 0.198. The van der Waals surface area contributed by atoms with Gasteiger partial charge in [-0.3, -0.25) is 4.79 Å². The van der Waals surface area contributed by atoms with E-state index in [4.69, 9.17) is 11.6 Å². The van der Waals surface area contributed by atoms with E-state index in [0.29, 0.717) is 0 Å². The third-order valence-electron chi connectivity index (χ3n) is 3.49. The molecule has 90 valence electrons. The lowest BCUT2D eigenvalue weighted by atomic mass is 9.74. The van der Waals surface area contributed by atoms with Gasteiger partial charge in [-0.05, 0) is 42.8 Å². The van der Waals surface area contributed by atoms with Crippen molar-refractivity contribution in [2.45, 2.75) is 32.6 Å². The predicted octanol–water partition coefficient (Wildman–Crippen LogP) is 4.42. The molecule has 1 fully saturated rings. The fourth-order valence-electron chi connectivity index (χ4n) is 2.46. The summed E-state index contributed by atoms with van der Waals surface area (Å²) < 4.78 is 0. The van der Waals surface area contributed by atoms with E-state index in [-0.39, 0.29) is 10.7 Å². The predicted molar refractivity (Wildman–Crippen MR) is 71.9 cm³/mol. The van der Waals surface area contributed by atoms with E-state index in [0.717, 1.165) is 25.7 Å². The van der Waals surface area contributed by atoms with Crippen LogP contribution in [0.2, 0.25) is 0 Å². The molecule has 1 aliphatic rings. The van der Waals surface area contributed by atoms with Gasteiger partial charge in [0, 0.05) is 5.41 Å². The van der Waals surface area contributed by atoms with Gasteiger partial charge in [-0.15, -0.1) is 0 Å². The van der Waals surface area contributed by atoms with Gasteiger partial charge in [0.1, 0.15) is 0 Å². The highest BCUT2D eigenvalue weighted by atomic mass is 35.5. The van der Waals surface area contributed by atoms with E-state index >= 15 is 0 Å². The maximum absolute atomic E-state index is 11.5. The quantitative estimate of drug-likeness (QED) is 0.709. The Balaban J connectivity index is 2.18. The van der Waals surface area contributed by atoms with Gasteiger partial charge in [-0.1, -0.05) is 48.9 Å². The molecule has 1 nitrogen and oxygen atoms in total. The fourth-order valence-corrected chi connectivity index (χ4v) is 2.62. The molecular formula is C15H17ClO. The minimum atomic E-state index is -0.361. The third-order valence-corrected chi connectivity index (χ3v) is 3.94. The summed E-state index contributed by atoms with van der Waals surface area (Å²) in [4.78, 5) is 11.5. The molecule has 1 saturated carbocycles. The topological polar surface area (TPSA) is 17.1 Å². The molecule has 0 amide bonds. The first-order valence-electron chi connectivity index (χ1n) is 6.05. The molecule has 0 spiro atoms. The summed E-state index contributed by atoms with van der Waals surface area (Å²) in [6.07, 6.45) is 6.02. The van der Waals surface area contributed by atoms with Crippen LogP contribution in [0, 0.1) is 5.41 Å². The Morgan fingerprint density at radius 2 is 2.06 bits per heavy atom. The van der Waals surface area contributed by atoms with Crippen molar-refractivity contribution in [3.8, 4) is 0 Å². The van der Waals surface area contributed by atoms with E-state index in [2.05, 4.69) is 18.2 Å². The molecule has 17 heavy (non-hydrogen) atoms. The van der Waals surface area contributed by atoms with Crippen molar-refractivity contribution in [1.29, 1.82) is 0 Å². The van der Waals surface area contributed by atoms with Crippen LogP contribution in [0.25, 0.3) is 6.08 Å². The van der Waals surface area contributed by atoms with Crippen molar-refractivity contribution in [3.63, 3.8) is 0 Å². The number of allylic oxidation sites excluding steroid dienone is 1. The summed E-state index contributed by atoms with van der Waals surface area (Å²) in [7, 11) is 0. The third kappa shape index (κ3) is 2.98. The van der Waals surface area contributed by atoms with Gasteiger partial charge in [-0.2, -0.15) is 0 Å². The molecule has 0 heterocycles. The van der Waals surface area contributed by atoms with Crippen molar-refractivity contribution >= 4 is 22.9 Å². The first kappa shape index (κ1) is 12.4. The molecule has 1 unspecified atom stereocenters. The standard InChI is InChI=1S/C15H17ClO/c1-15(14(16)17)9-5-8-13(11-15)10-12-6-3-2-4-7-12/h2-4,6-7,10H,5,8-9,11H2,1H3. The lowest BCUT2D eigenvalue weighted by Crippen LogP contribution is -2.27. The normalized spacial score (nSPS) is 27.1. The van der Waals surface area contributed by atoms with Crippen LogP contribution in [-0.4, -0.2) is 5.24 Å². The van der Waals surface area contributed by atoms with Crippen molar-refractivity contribution < 1.29 is 4.79 Å². The van der Waals surface area contributed by atoms with Crippen molar-refractivity contribution in [2.24, 2.45) is 5.41 Å². The van der Waals surface area contributed by atoms with E-state index in [1.165, 1.54) is 11.1 Å². The largest absolute Gasteiger partial charge is 0.281 e. The fraction of sp³-hybridized carbons (Fsp3) is 0.400. The maximum atomic E-state index is 11.5. The zero-order valence-electron chi connectivity index (χ0n) is 10.1. The Morgan fingerprint density at radius 3 is 2.71 bits per heavy atom. The number of carbonyl (C=O) groups excluding carboxylic acids is 1. The van der Waals surface area contributed by atoms with Gasteiger partial charge in [0.2, 0.25) is 5.24 Å². The number of hydrogen-bond acceptors (Lipinski definition) is 1. The second-order valence-electron chi connectivity index (χ2n) is 5.08. The zero-order chi connectivity index (χ0) is 12.3. The van der Waals surface area contributed by atoms with E-state index in [1.807, 2.05) is 25.1 Å². The highest BCUT2D eigenvalue weighted by Crippen LogP contribution is 2.41. The first-order chi connectivity index (χ1) is 8.10. The summed E-state index contributed by atoms with van der Waals surface area (Å²) >= 11 is 5.70. The molecule has 0 bridgehead atoms. The molecule has 0 N–H and O–H groups in total. The number of carbonyl (C=O) groups is 1. The van der Waals surface area contributed by atoms with Crippen LogP contribution in [0.5, 0.6) is 0 Å². The smallest absolute Gasteiger partial charge is 0.227 e. The highest BCUT2D eigenvalue weighted by Gasteiger charge is 2.34. The molecule has 0 saturated heterocycles. The lowest BCUT2D eigenvalue weighted by molar-refractivity contribution is -0.120. The number of benzene rings is 1. The van der Waals surface area contributed by atoms with Crippen molar-refractivity contribution in [1.82, 2.24) is 0 Å². The van der Waals surface area contributed by atoms with E-state index in [9.17, 15) is 4.79 Å². The maximum Gasteiger partial charge on any atom is 0.227 e. The molecule has 0 aromatic heterocycles. The molecule has 1 aliphatic carbocycles. The van der Waals surface area contributed by atoms with Crippen LogP contribution in [0.3, 0.4) is 0 Å². The average molecular weight is 249 g/mol. The Kier molecular flexibility index (Phi) is 3.68. The van der Waals surface area contributed by atoms with Gasteiger partial charge in [0.15, 0.2) is 0 Å². The summed E-state index contributed by atoms with van der Waals surface area (Å²) in [5.74, 6) is 0. The Labute approximate surface area is 107 Å². The molecule has 0 aliphatic heterocycles. The molecular weight excluding hydrogens is 232 g/mol. The van der Waals surface area contributed by atoms with Crippen LogP contribution in [0.1, 0.15) is 38.2 Å². The Bertz CT molecular complexity index is 435. The lowest BCUT2D eigenvalue weighted by Gasteiger charge is -2.31. The van der Waals surface area contributed by atoms with Crippen molar-refractivity contribution in [2.75, 3.05) is 0 Å². The van der Waals surface area contributed by atoms with Crippen LogP contribution in [0.15, 0.2) is 35.9 Å². The first-order valence-corrected chi connectivity index (χ1v) is 6.42. The summed E-state index contributed by atoms with van der Waals surface area (Å²) in [6.45, 7) is 1.97. The van der Waals surface area contributed by atoms with Gasteiger partial charge in [0.05, 0.1) is 0 Å². The summed E-state index contributed by atoms with van der Waals surface area (Å²) in [6, 6.07) is 10.2. The molecule has 2 heteroatoms. The molecule has 1 atom stereocenters. The summed E-state index contributed by atoms with van der Waals surface area (Å²) in [5, 5.41) is -0.198. The Hall–Kier alpha value is -1.08. The van der Waals surface area contributed by atoms with Gasteiger partial charge in [-0.25, -0.2) is 0 Å². The molecule has 1 aromatic carbocycles. The van der Waals surface area contributed by atoms with Crippen LogP contribution >= 0.6 is 11.6 Å². The number of hydrogen-bond donors (Lipinski definition) is 0. The molecule has 1 aromatic rings. The van der Waals surface area contributed by atoms with Crippen molar-refractivity contribution in [3.05, 3.63) is 41.5 Å². The molecule has 0 radical (unpaired) electrons. The van der Waals surface area contributed by atoms with Crippen LogP contribution < -0.4 is 0 Å². The zero-order valence-corrected chi connectivity index (χ0v) is 10.8. The van der Waals surface area contributed by atoms with E-state index in [1.54, 1.807) is 0 Å². The minimum Gasteiger partial charge on any atom is -0.281 e. The number of rotatable bonds is 2. The summed E-state index contributed by atoms with van der Waals surface area (Å²) in [5.41, 5.74) is 2.17. The monoisotopic (exact) mass is 248 g/mol. The van der Waals surface area contributed by atoms with E-state index < -0.39 is 0 Å². The Morgan fingerprint density at radius 1 is 1.35 bits per heavy atom.